The summed E-state index contributed by atoms with van der Waals surface area (Å²) >= 11 is 0. The summed E-state index contributed by atoms with van der Waals surface area (Å²) in [5.74, 6) is 1.84. The Morgan fingerprint density at radius 1 is 0.308 bits per heavy atom. The summed E-state index contributed by atoms with van der Waals surface area (Å²) in [6, 6.07) is 52.1. The molecule has 1 aliphatic rings. The Morgan fingerprint density at radius 2 is 0.897 bits per heavy atom. The van der Waals surface area contributed by atoms with Gasteiger partial charge in [-0.3, -0.25) is 0 Å². The molecule has 0 fully saturated rings. The quantitative estimate of drug-likeness (QED) is 0.236. The highest BCUT2D eigenvalue weighted by Gasteiger charge is 2.20. The fourth-order valence-corrected chi connectivity index (χ4v) is 6.04. The molecule has 0 saturated carbocycles. The minimum atomic E-state index is 0.912. The van der Waals surface area contributed by atoms with E-state index in [0.717, 1.165) is 17.1 Å². The fourth-order valence-electron chi connectivity index (χ4n) is 6.04. The second-order valence-corrected chi connectivity index (χ2v) is 10.1. The molecule has 0 atom stereocenters. The van der Waals surface area contributed by atoms with Gasteiger partial charge in [-0.05, 0) is 79.4 Å². The van der Waals surface area contributed by atoms with Crippen LogP contribution in [0.1, 0.15) is 0 Å². The molecule has 0 aromatic heterocycles. The lowest BCUT2D eigenvalue weighted by atomic mass is 9.89. The predicted molar refractivity (Wildman–Crippen MR) is 163 cm³/mol. The van der Waals surface area contributed by atoms with Crippen molar-refractivity contribution in [2.24, 2.45) is 0 Å². The molecule has 0 unspecified atom stereocenters. The highest BCUT2D eigenvalue weighted by Crippen LogP contribution is 2.48. The molecular weight excluding hydrogens is 472 g/mol. The SMILES string of the molecule is c1ccc(-c2cccc3cccc(-c4ccc(-c5cc6c7c(cccc7c5)Oc5ccccc5-6)cc4)c23)cc1. The number of hydrogen-bond acceptors (Lipinski definition) is 1. The molecule has 0 saturated heterocycles. The zero-order chi connectivity index (χ0) is 25.8. The lowest BCUT2D eigenvalue weighted by molar-refractivity contribution is 0.487. The molecule has 0 bridgehead atoms. The third kappa shape index (κ3) is 3.55. The van der Waals surface area contributed by atoms with Gasteiger partial charge in [-0.2, -0.15) is 0 Å². The van der Waals surface area contributed by atoms with Gasteiger partial charge in [0, 0.05) is 10.9 Å². The molecule has 0 amide bonds. The van der Waals surface area contributed by atoms with E-state index in [1.807, 2.05) is 12.1 Å². The minimum Gasteiger partial charge on any atom is -0.456 e. The largest absolute Gasteiger partial charge is 0.456 e. The van der Waals surface area contributed by atoms with E-state index in [1.165, 1.54) is 60.5 Å². The van der Waals surface area contributed by atoms with Gasteiger partial charge in [0.15, 0.2) is 0 Å². The summed E-state index contributed by atoms with van der Waals surface area (Å²) in [5.41, 5.74) is 9.75. The van der Waals surface area contributed by atoms with Gasteiger partial charge in [0.25, 0.3) is 0 Å². The van der Waals surface area contributed by atoms with Gasteiger partial charge < -0.3 is 4.74 Å². The average molecular weight is 497 g/mol. The third-order valence-corrected chi connectivity index (χ3v) is 7.85. The van der Waals surface area contributed by atoms with Gasteiger partial charge in [-0.15, -0.1) is 0 Å². The van der Waals surface area contributed by atoms with Crippen LogP contribution in [0.15, 0.2) is 146 Å². The molecule has 7 aromatic carbocycles. The average Bonchev–Trinajstić information content (AvgIpc) is 3.01. The van der Waals surface area contributed by atoms with Crippen LogP contribution in [0.2, 0.25) is 0 Å². The van der Waals surface area contributed by atoms with Gasteiger partial charge in [0.2, 0.25) is 0 Å². The molecule has 0 aliphatic carbocycles. The summed E-state index contributed by atoms with van der Waals surface area (Å²) < 4.78 is 6.24. The van der Waals surface area contributed by atoms with Crippen molar-refractivity contribution >= 4 is 21.5 Å². The van der Waals surface area contributed by atoms with Crippen molar-refractivity contribution in [3.05, 3.63) is 146 Å². The highest BCUT2D eigenvalue weighted by atomic mass is 16.5. The monoisotopic (exact) mass is 496 g/mol. The first-order chi connectivity index (χ1) is 19.3. The molecule has 1 nitrogen and oxygen atoms in total. The molecular formula is C38H24O. The topological polar surface area (TPSA) is 9.23 Å². The van der Waals surface area contributed by atoms with E-state index in [2.05, 4.69) is 133 Å². The molecule has 0 spiro atoms. The Morgan fingerprint density at radius 3 is 1.69 bits per heavy atom. The maximum atomic E-state index is 6.24. The Kier molecular flexibility index (Phi) is 4.89. The Bertz CT molecular complexity index is 2010. The summed E-state index contributed by atoms with van der Waals surface area (Å²) in [6.45, 7) is 0. The van der Waals surface area contributed by atoms with Crippen LogP contribution in [0, 0.1) is 0 Å². The molecule has 8 rings (SSSR count). The van der Waals surface area contributed by atoms with Crippen LogP contribution >= 0.6 is 0 Å². The van der Waals surface area contributed by atoms with Crippen molar-refractivity contribution in [2.75, 3.05) is 0 Å². The first-order valence-electron chi connectivity index (χ1n) is 13.4. The van der Waals surface area contributed by atoms with Gasteiger partial charge in [-0.25, -0.2) is 0 Å². The second kappa shape index (κ2) is 8.72. The molecule has 0 N–H and O–H groups in total. The second-order valence-electron chi connectivity index (χ2n) is 10.1. The van der Waals surface area contributed by atoms with Crippen LogP contribution < -0.4 is 4.74 Å². The predicted octanol–water partition coefficient (Wildman–Crippen LogP) is 10.8. The summed E-state index contributed by atoms with van der Waals surface area (Å²) in [7, 11) is 0. The third-order valence-electron chi connectivity index (χ3n) is 7.85. The van der Waals surface area contributed by atoms with Crippen LogP contribution in [0.4, 0.5) is 0 Å². The molecule has 1 heterocycles. The molecule has 1 aliphatic heterocycles. The van der Waals surface area contributed by atoms with E-state index in [1.54, 1.807) is 0 Å². The van der Waals surface area contributed by atoms with Crippen LogP contribution in [0.25, 0.3) is 66.1 Å². The number of ether oxygens (including phenoxy) is 1. The van der Waals surface area contributed by atoms with Crippen LogP contribution in [0.5, 0.6) is 11.5 Å². The van der Waals surface area contributed by atoms with E-state index >= 15 is 0 Å². The molecule has 1 heteroatoms. The Balaban J connectivity index is 1.27. The zero-order valence-electron chi connectivity index (χ0n) is 21.3. The fraction of sp³-hybridized carbons (Fsp3) is 0. The normalized spacial score (nSPS) is 11.8. The molecule has 7 aromatic rings. The number of rotatable bonds is 3. The van der Waals surface area contributed by atoms with Crippen LogP contribution in [-0.4, -0.2) is 0 Å². The van der Waals surface area contributed by atoms with E-state index in [9.17, 15) is 0 Å². The van der Waals surface area contributed by atoms with Crippen molar-refractivity contribution in [1.82, 2.24) is 0 Å². The van der Waals surface area contributed by atoms with E-state index in [4.69, 9.17) is 4.74 Å². The lowest BCUT2D eigenvalue weighted by Gasteiger charge is -2.22. The summed E-state index contributed by atoms with van der Waals surface area (Å²) in [6.07, 6.45) is 0. The Hall–Kier alpha value is -5.14. The lowest BCUT2D eigenvalue weighted by Crippen LogP contribution is -1.97. The molecule has 0 radical (unpaired) electrons. The standard InChI is InChI=1S/C38H24O/c1-2-9-26(10-3-1)31-15-6-11-28-12-7-16-32(37(28)31)27-21-19-25(20-22-27)30-23-29-13-8-18-36-38(29)34(24-30)33-14-4-5-17-35(33)39-36/h1-24H. The van der Waals surface area contributed by atoms with Crippen molar-refractivity contribution in [3.8, 4) is 56.0 Å². The number of para-hydroxylation sites is 1. The zero-order valence-corrected chi connectivity index (χ0v) is 21.3. The maximum absolute atomic E-state index is 6.24. The van der Waals surface area contributed by atoms with Gasteiger partial charge >= 0.3 is 0 Å². The maximum Gasteiger partial charge on any atom is 0.135 e. The molecule has 182 valence electrons. The number of benzene rings is 7. The van der Waals surface area contributed by atoms with Crippen molar-refractivity contribution in [3.63, 3.8) is 0 Å². The van der Waals surface area contributed by atoms with Gasteiger partial charge in [0.1, 0.15) is 11.5 Å². The first kappa shape index (κ1) is 21.9. The van der Waals surface area contributed by atoms with E-state index < -0.39 is 0 Å². The summed E-state index contributed by atoms with van der Waals surface area (Å²) in [5, 5.41) is 4.92. The Labute approximate surface area is 227 Å². The first-order valence-corrected chi connectivity index (χ1v) is 13.4. The smallest absolute Gasteiger partial charge is 0.135 e. The van der Waals surface area contributed by atoms with Gasteiger partial charge in [-0.1, -0.05) is 121 Å². The number of fused-ring (bicyclic) bond motifs is 3. The van der Waals surface area contributed by atoms with Crippen molar-refractivity contribution < 1.29 is 4.74 Å². The summed E-state index contributed by atoms with van der Waals surface area (Å²) in [4.78, 5) is 0. The van der Waals surface area contributed by atoms with Crippen molar-refractivity contribution in [2.45, 2.75) is 0 Å². The van der Waals surface area contributed by atoms with E-state index in [0.29, 0.717) is 0 Å². The minimum absolute atomic E-state index is 0.912. The van der Waals surface area contributed by atoms with Crippen LogP contribution in [0.3, 0.4) is 0 Å². The molecule has 39 heavy (non-hydrogen) atoms. The highest BCUT2D eigenvalue weighted by molar-refractivity contribution is 6.08. The van der Waals surface area contributed by atoms with E-state index in [-0.39, 0.29) is 0 Å². The van der Waals surface area contributed by atoms with Crippen LogP contribution in [-0.2, 0) is 0 Å². The van der Waals surface area contributed by atoms with Crippen molar-refractivity contribution in [1.29, 1.82) is 0 Å². The number of hydrogen-bond donors (Lipinski definition) is 0. The van der Waals surface area contributed by atoms with Gasteiger partial charge in [0.05, 0.1) is 0 Å².